The lowest BCUT2D eigenvalue weighted by atomic mass is 10.0. The minimum atomic E-state index is 0.133. The van der Waals surface area contributed by atoms with Crippen LogP contribution in [0, 0.1) is 0 Å². The fraction of sp³-hybridized carbons (Fsp3) is 0.462. The summed E-state index contributed by atoms with van der Waals surface area (Å²) in [6.07, 6.45) is 2.09. The number of hydrogen-bond donors (Lipinski definition) is 1. The van der Waals surface area contributed by atoms with E-state index < -0.39 is 0 Å². The van der Waals surface area contributed by atoms with Crippen LogP contribution in [0.4, 0.5) is 5.69 Å². The number of benzene rings is 1. The molecule has 3 nitrogen and oxygen atoms in total. The fourth-order valence-electron chi connectivity index (χ4n) is 2.09. The van der Waals surface area contributed by atoms with Crippen molar-refractivity contribution in [2.24, 2.45) is 0 Å². The first-order valence-corrected chi connectivity index (χ1v) is 7.05. The zero-order valence-corrected chi connectivity index (χ0v) is 10.6. The third-order valence-electron chi connectivity index (χ3n) is 2.87. The van der Waals surface area contributed by atoms with E-state index >= 15 is 0 Å². The molecule has 0 atom stereocenters. The molecule has 1 aromatic carbocycles. The summed E-state index contributed by atoms with van der Waals surface area (Å²) in [5.41, 5.74) is 2.33. The van der Waals surface area contributed by atoms with Gasteiger partial charge in [-0.1, -0.05) is 18.2 Å². The molecule has 0 aromatic heterocycles. The standard InChI is InChI=1S/C13H17NO2S/c15-8-9-17-10-13(16)14-7-3-5-11-4-1-2-6-12(11)14/h1-2,4,6,15H,3,5,7-10H2. The van der Waals surface area contributed by atoms with Crippen molar-refractivity contribution in [3.63, 3.8) is 0 Å². The molecule has 1 heterocycles. The summed E-state index contributed by atoms with van der Waals surface area (Å²) in [6, 6.07) is 8.11. The lowest BCUT2D eigenvalue weighted by Gasteiger charge is -2.29. The highest BCUT2D eigenvalue weighted by molar-refractivity contribution is 7.99. The number of aliphatic hydroxyl groups is 1. The number of fused-ring (bicyclic) bond motifs is 1. The number of anilines is 1. The Morgan fingerprint density at radius 2 is 2.24 bits per heavy atom. The van der Waals surface area contributed by atoms with E-state index in [0.29, 0.717) is 11.5 Å². The minimum absolute atomic E-state index is 0.133. The van der Waals surface area contributed by atoms with Crippen molar-refractivity contribution in [1.82, 2.24) is 0 Å². The maximum absolute atomic E-state index is 12.1. The summed E-state index contributed by atoms with van der Waals surface area (Å²) in [4.78, 5) is 13.9. The maximum atomic E-state index is 12.1. The van der Waals surface area contributed by atoms with E-state index in [1.165, 1.54) is 17.3 Å². The topological polar surface area (TPSA) is 40.5 Å². The van der Waals surface area contributed by atoms with E-state index in [-0.39, 0.29) is 12.5 Å². The van der Waals surface area contributed by atoms with Crippen molar-refractivity contribution in [1.29, 1.82) is 0 Å². The average molecular weight is 251 g/mol. The number of thioether (sulfide) groups is 1. The number of carbonyl (C=O) groups is 1. The minimum Gasteiger partial charge on any atom is -0.396 e. The van der Waals surface area contributed by atoms with Gasteiger partial charge >= 0.3 is 0 Å². The summed E-state index contributed by atoms with van der Waals surface area (Å²) in [6.45, 7) is 0.948. The first-order chi connectivity index (χ1) is 8.33. The Morgan fingerprint density at radius 1 is 1.41 bits per heavy atom. The number of carbonyl (C=O) groups excluding carboxylic acids is 1. The monoisotopic (exact) mass is 251 g/mol. The Labute approximate surface area is 106 Å². The van der Waals surface area contributed by atoms with Gasteiger partial charge in [0.15, 0.2) is 0 Å². The largest absolute Gasteiger partial charge is 0.396 e. The normalized spacial score (nSPS) is 14.5. The van der Waals surface area contributed by atoms with E-state index in [1.54, 1.807) is 0 Å². The van der Waals surface area contributed by atoms with Gasteiger partial charge in [0.05, 0.1) is 12.4 Å². The van der Waals surface area contributed by atoms with Crippen LogP contribution in [0.5, 0.6) is 0 Å². The second-order valence-corrected chi connectivity index (χ2v) is 5.16. The molecule has 0 aliphatic carbocycles. The molecule has 0 radical (unpaired) electrons. The predicted molar refractivity (Wildman–Crippen MR) is 71.5 cm³/mol. The SMILES string of the molecule is O=C(CSCCO)N1CCCc2ccccc21. The van der Waals surface area contributed by atoms with Crippen molar-refractivity contribution in [3.05, 3.63) is 29.8 Å². The molecule has 0 unspecified atom stereocenters. The van der Waals surface area contributed by atoms with E-state index in [4.69, 9.17) is 5.11 Å². The molecule has 0 bridgehead atoms. The Hall–Kier alpha value is -1.00. The average Bonchev–Trinajstić information content (AvgIpc) is 2.38. The molecule has 0 saturated carbocycles. The quantitative estimate of drug-likeness (QED) is 0.828. The molecule has 1 aliphatic heterocycles. The van der Waals surface area contributed by atoms with Crippen LogP contribution < -0.4 is 4.90 Å². The molecule has 1 amide bonds. The van der Waals surface area contributed by atoms with Crippen molar-refractivity contribution in [3.8, 4) is 0 Å². The van der Waals surface area contributed by atoms with Crippen molar-refractivity contribution < 1.29 is 9.90 Å². The van der Waals surface area contributed by atoms with Crippen LogP contribution in [0.3, 0.4) is 0 Å². The number of aryl methyl sites for hydroxylation is 1. The Kier molecular flexibility index (Phi) is 4.45. The summed E-state index contributed by atoms with van der Waals surface area (Å²) in [5.74, 6) is 1.23. The molecule has 0 saturated heterocycles. The van der Waals surface area contributed by atoms with Gasteiger partial charge in [-0.05, 0) is 24.5 Å². The number of rotatable bonds is 4. The highest BCUT2D eigenvalue weighted by Gasteiger charge is 2.21. The molecule has 0 spiro atoms. The van der Waals surface area contributed by atoms with Gasteiger partial charge in [0.25, 0.3) is 0 Å². The van der Waals surface area contributed by atoms with Gasteiger partial charge in [-0.2, -0.15) is 0 Å². The molecule has 1 aromatic rings. The molecule has 92 valence electrons. The van der Waals surface area contributed by atoms with Crippen LogP contribution >= 0.6 is 11.8 Å². The molecular formula is C13H17NO2S. The molecule has 0 fully saturated rings. The van der Waals surface area contributed by atoms with Gasteiger partial charge in [-0.15, -0.1) is 11.8 Å². The van der Waals surface area contributed by atoms with Gasteiger partial charge < -0.3 is 10.0 Å². The summed E-state index contributed by atoms with van der Waals surface area (Å²) in [7, 11) is 0. The molecule has 2 rings (SSSR count). The number of amides is 1. The van der Waals surface area contributed by atoms with Gasteiger partial charge in [0.1, 0.15) is 0 Å². The van der Waals surface area contributed by atoms with Crippen LogP contribution in [0.2, 0.25) is 0 Å². The first-order valence-electron chi connectivity index (χ1n) is 5.90. The van der Waals surface area contributed by atoms with Gasteiger partial charge in [0.2, 0.25) is 5.91 Å². The lowest BCUT2D eigenvalue weighted by Crippen LogP contribution is -2.36. The van der Waals surface area contributed by atoms with Gasteiger partial charge in [0, 0.05) is 18.0 Å². The Morgan fingerprint density at radius 3 is 3.06 bits per heavy atom. The van der Waals surface area contributed by atoms with Crippen molar-refractivity contribution >= 4 is 23.4 Å². The highest BCUT2D eigenvalue weighted by Crippen LogP contribution is 2.27. The zero-order valence-electron chi connectivity index (χ0n) is 9.76. The zero-order chi connectivity index (χ0) is 12.1. The Balaban J connectivity index is 2.05. The van der Waals surface area contributed by atoms with E-state index in [2.05, 4.69) is 6.07 Å². The highest BCUT2D eigenvalue weighted by atomic mass is 32.2. The molecule has 1 N–H and O–H groups in total. The van der Waals surface area contributed by atoms with Crippen LogP contribution in [0.1, 0.15) is 12.0 Å². The van der Waals surface area contributed by atoms with E-state index in [0.717, 1.165) is 25.1 Å². The van der Waals surface area contributed by atoms with Gasteiger partial charge in [-0.25, -0.2) is 0 Å². The first kappa shape index (κ1) is 12.5. The fourth-order valence-corrected chi connectivity index (χ4v) is 2.70. The molecule has 17 heavy (non-hydrogen) atoms. The lowest BCUT2D eigenvalue weighted by molar-refractivity contribution is -0.116. The van der Waals surface area contributed by atoms with Crippen molar-refractivity contribution in [2.45, 2.75) is 12.8 Å². The predicted octanol–water partition coefficient (Wildman–Crippen LogP) is 1.69. The van der Waals surface area contributed by atoms with Crippen molar-refractivity contribution in [2.75, 3.05) is 29.6 Å². The second kappa shape index (κ2) is 6.07. The third kappa shape index (κ3) is 3.01. The molecule has 1 aliphatic rings. The summed E-state index contributed by atoms with van der Waals surface area (Å²) < 4.78 is 0. The number of aliphatic hydroxyl groups excluding tert-OH is 1. The molecular weight excluding hydrogens is 234 g/mol. The van der Waals surface area contributed by atoms with E-state index in [1.807, 2.05) is 23.1 Å². The summed E-state index contributed by atoms with van der Waals surface area (Å²) in [5, 5.41) is 8.70. The smallest absolute Gasteiger partial charge is 0.236 e. The van der Waals surface area contributed by atoms with Crippen LogP contribution in [-0.4, -0.2) is 35.7 Å². The van der Waals surface area contributed by atoms with Crippen LogP contribution in [0.15, 0.2) is 24.3 Å². The summed E-state index contributed by atoms with van der Waals surface area (Å²) >= 11 is 1.49. The van der Waals surface area contributed by atoms with Crippen LogP contribution in [-0.2, 0) is 11.2 Å². The molecule has 4 heteroatoms. The third-order valence-corrected chi connectivity index (χ3v) is 3.79. The number of hydrogen-bond acceptors (Lipinski definition) is 3. The van der Waals surface area contributed by atoms with E-state index in [9.17, 15) is 4.79 Å². The van der Waals surface area contributed by atoms with Crippen LogP contribution in [0.25, 0.3) is 0 Å². The number of para-hydroxylation sites is 1. The second-order valence-electron chi connectivity index (χ2n) is 4.05. The maximum Gasteiger partial charge on any atom is 0.236 e. The van der Waals surface area contributed by atoms with Gasteiger partial charge in [-0.3, -0.25) is 4.79 Å². The Bertz CT molecular complexity index is 395. The number of nitrogens with zero attached hydrogens (tertiary/aromatic N) is 1.